The molecule has 0 aliphatic carbocycles. The first-order chi connectivity index (χ1) is 18.4. The highest BCUT2D eigenvalue weighted by Gasteiger charge is 2.37. The lowest BCUT2D eigenvalue weighted by Gasteiger charge is -2.34. The maximum Gasteiger partial charge on any atom is 0.336 e. The van der Waals surface area contributed by atoms with E-state index in [1.54, 1.807) is 36.9 Å². The van der Waals surface area contributed by atoms with Crippen molar-refractivity contribution in [1.82, 2.24) is 15.1 Å². The lowest BCUT2D eigenvalue weighted by atomic mass is 9.83. The van der Waals surface area contributed by atoms with Gasteiger partial charge >= 0.3 is 5.97 Å². The maximum absolute atomic E-state index is 13.3. The molecule has 2 amide bonds. The smallest absolute Gasteiger partial charge is 0.336 e. The topological polar surface area (TPSA) is 79.0 Å². The molecule has 1 atom stereocenters. The van der Waals surface area contributed by atoms with Gasteiger partial charge in [-0.2, -0.15) is 0 Å². The Balaban J connectivity index is 1.50. The molecule has 2 aliphatic heterocycles. The van der Waals surface area contributed by atoms with Crippen LogP contribution in [0.4, 0.5) is 0 Å². The summed E-state index contributed by atoms with van der Waals surface area (Å²) < 4.78 is 5.38. The number of likely N-dealkylation sites (tertiary alicyclic amines) is 1. The second kappa shape index (κ2) is 13.1. The van der Waals surface area contributed by atoms with E-state index in [0.29, 0.717) is 28.4 Å². The molecule has 0 bridgehead atoms. The van der Waals surface area contributed by atoms with E-state index >= 15 is 0 Å². The molecular weight excluding hydrogens is 502 g/mol. The van der Waals surface area contributed by atoms with Crippen LogP contribution in [0, 0.1) is 0 Å². The van der Waals surface area contributed by atoms with Gasteiger partial charge in [0.15, 0.2) is 0 Å². The van der Waals surface area contributed by atoms with Crippen molar-refractivity contribution in [2.75, 3.05) is 32.8 Å². The second-order valence-electron chi connectivity index (χ2n) is 9.87. The number of hydrogen-bond acceptors (Lipinski definition) is 5. The normalized spacial score (nSPS) is 18.4. The number of nitrogens with one attached hydrogen (secondary N) is 1. The molecule has 202 valence electrons. The summed E-state index contributed by atoms with van der Waals surface area (Å²) in [5.41, 5.74) is 3.18. The Morgan fingerprint density at radius 2 is 1.84 bits per heavy atom. The van der Waals surface area contributed by atoms with Crippen LogP contribution in [-0.4, -0.2) is 60.4 Å². The number of allylic oxidation sites excluding steroid dienone is 1. The van der Waals surface area contributed by atoms with E-state index in [1.807, 2.05) is 30.3 Å². The molecule has 0 spiro atoms. The first-order valence-electron chi connectivity index (χ1n) is 13.4. The fourth-order valence-corrected chi connectivity index (χ4v) is 5.49. The van der Waals surface area contributed by atoms with E-state index in [2.05, 4.69) is 10.2 Å². The van der Waals surface area contributed by atoms with Gasteiger partial charge in [-0.05, 0) is 75.2 Å². The van der Waals surface area contributed by atoms with Crippen molar-refractivity contribution >= 4 is 29.4 Å². The number of halogens is 1. The third-order valence-corrected chi connectivity index (χ3v) is 7.50. The lowest BCUT2D eigenvalue weighted by Crippen LogP contribution is -2.38. The SMILES string of the molecule is CCOC(=O)C1=C(C)N(Cc2cccc(C(=O)NCCN3CCCCC3)c2)C(=O)CC1c1cccc(Cl)c1. The highest BCUT2D eigenvalue weighted by molar-refractivity contribution is 6.30. The quantitative estimate of drug-likeness (QED) is 0.460. The summed E-state index contributed by atoms with van der Waals surface area (Å²) >= 11 is 6.21. The van der Waals surface area contributed by atoms with E-state index < -0.39 is 11.9 Å². The van der Waals surface area contributed by atoms with Crippen LogP contribution in [0.15, 0.2) is 59.8 Å². The second-order valence-corrected chi connectivity index (χ2v) is 10.3. The van der Waals surface area contributed by atoms with Crippen molar-refractivity contribution in [3.05, 3.63) is 81.5 Å². The number of carbonyl (C=O) groups is 3. The summed E-state index contributed by atoms with van der Waals surface area (Å²) in [4.78, 5) is 43.2. The van der Waals surface area contributed by atoms with Gasteiger partial charge in [0.1, 0.15) is 0 Å². The molecule has 0 radical (unpaired) electrons. The monoisotopic (exact) mass is 537 g/mol. The van der Waals surface area contributed by atoms with E-state index in [4.69, 9.17) is 16.3 Å². The van der Waals surface area contributed by atoms with Gasteiger partial charge in [-0.1, -0.05) is 42.3 Å². The molecule has 7 nitrogen and oxygen atoms in total. The summed E-state index contributed by atoms with van der Waals surface area (Å²) in [5, 5.41) is 3.56. The molecule has 38 heavy (non-hydrogen) atoms. The van der Waals surface area contributed by atoms with Gasteiger partial charge in [0.05, 0.1) is 18.7 Å². The maximum atomic E-state index is 13.3. The summed E-state index contributed by atoms with van der Waals surface area (Å²) in [5.74, 6) is -1.10. The van der Waals surface area contributed by atoms with Crippen LogP contribution in [0.3, 0.4) is 0 Å². The lowest BCUT2D eigenvalue weighted by molar-refractivity contribution is -0.140. The number of piperidine rings is 1. The first kappa shape index (κ1) is 27.9. The van der Waals surface area contributed by atoms with Crippen LogP contribution in [0.1, 0.15) is 66.9 Å². The Labute approximate surface area is 229 Å². The number of nitrogens with zero attached hydrogens (tertiary/aromatic N) is 2. The summed E-state index contributed by atoms with van der Waals surface area (Å²) in [7, 11) is 0. The van der Waals surface area contributed by atoms with Crippen molar-refractivity contribution in [1.29, 1.82) is 0 Å². The van der Waals surface area contributed by atoms with Gasteiger partial charge in [-0.15, -0.1) is 0 Å². The minimum atomic E-state index is -0.437. The van der Waals surface area contributed by atoms with Crippen LogP contribution in [0.25, 0.3) is 0 Å². The largest absolute Gasteiger partial charge is 0.463 e. The van der Waals surface area contributed by atoms with Crippen molar-refractivity contribution in [2.45, 2.75) is 52.0 Å². The predicted octanol–water partition coefficient (Wildman–Crippen LogP) is 4.91. The van der Waals surface area contributed by atoms with Crippen molar-refractivity contribution in [3.63, 3.8) is 0 Å². The highest BCUT2D eigenvalue weighted by Crippen LogP contribution is 2.38. The highest BCUT2D eigenvalue weighted by atomic mass is 35.5. The van der Waals surface area contributed by atoms with Gasteiger partial charge in [0.2, 0.25) is 5.91 Å². The van der Waals surface area contributed by atoms with Crippen LogP contribution < -0.4 is 5.32 Å². The molecule has 1 N–H and O–H groups in total. The summed E-state index contributed by atoms with van der Waals surface area (Å²) in [6, 6.07) is 14.5. The van der Waals surface area contributed by atoms with Crippen molar-refractivity contribution in [3.8, 4) is 0 Å². The Morgan fingerprint density at radius 1 is 1.08 bits per heavy atom. The van der Waals surface area contributed by atoms with Gasteiger partial charge < -0.3 is 19.9 Å². The number of carbonyl (C=O) groups excluding carboxylic acids is 3. The van der Waals surface area contributed by atoms with Crippen LogP contribution in [-0.2, 0) is 20.9 Å². The standard InChI is InChI=1S/C30H36ClN3O4/c1-3-38-30(37)28-21(2)34(27(35)19-26(28)23-10-8-12-25(31)18-23)20-22-9-7-11-24(17-22)29(36)32-13-16-33-14-5-4-6-15-33/h7-12,17-18,26H,3-6,13-16,19-20H2,1-2H3,(H,32,36). The zero-order valence-electron chi connectivity index (χ0n) is 22.2. The molecule has 2 heterocycles. The number of amides is 2. The summed E-state index contributed by atoms with van der Waals surface area (Å²) in [6.45, 7) is 7.66. The molecule has 2 aromatic carbocycles. The molecule has 8 heteroatoms. The number of esters is 1. The molecule has 0 aromatic heterocycles. The molecular formula is C30H36ClN3O4. The zero-order chi connectivity index (χ0) is 27.1. The van der Waals surface area contributed by atoms with Crippen LogP contribution >= 0.6 is 11.6 Å². The van der Waals surface area contributed by atoms with Gasteiger partial charge in [0.25, 0.3) is 5.91 Å². The van der Waals surface area contributed by atoms with E-state index in [1.165, 1.54) is 19.3 Å². The van der Waals surface area contributed by atoms with Crippen LogP contribution in [0.2, 0.25) is 5.02 Å². The molecule has 1 unspecified atom stereocenters. The Kier molecular flexibility index (Phi) is 9.58. The minimum absolute atomic E-state index is 0.100. The molecule has 0 saturated carbocycles. The zero-order valence-corrected chi connectivity index (χ0v) is 22.9. The van der Waals surface area contributed by atoms with Gasteiger partial charge in [0, 0.05) is 41.7 Å². The average molecular weight is 538 g/mol. The number of benzene rings is 2. The van der Waals surface area contributed by atoms with Crippen LogP contribution in [0.5, 0.6) is 0 Å². The average Bonchev–Trinajstić information content (AvgIpc) is 2.91. The third-order valence-electron chi connectivity index (χ3n) is 7.26. The molecule has 4 rings (SSSR count). The molecule has 1 saturated heterocycles. The van der Waals surface area contributed by atoms with Gasteiger partial charge in [-0.25, -0.2) is 4.79 Å². The summed E-state index contributed by atoms with van der Waals surface area (Å²) in [6.07, 6.45) is 3.85. The third kappa shape index (κ3) is 6.83. The number of hydrogen-bond donors (Lipinski definition) is 1. The predicted molar refractivity (Wildman–Crippen MR) is 148 cm³/mol. The molecule has 2 aromatic rings. The Bertz CT molecular complexity index is 1210. The van der Waals surface area contributed by atoms with Gasteiger partial charge in [-0.3, -0.25) is 9.59 Å². The fourth-order valence-electron chi connectivity index (χ4n) is 5.29. The fraction of sp³-hybridized carbons (Fsp3) is 0.433. The number of ether oxygens (including phenoxy) is 1. The van der Waals surface area contributed by atoms with Crippen molar-refractivity contribution in [2.24, 2.45) is 0 Å². The number of rotatable bonds is 9. The van der Waals surface area contributed by atoms with E-state index in [0.717, 1.165) is 30.8 Å². The molecule has 1 fully saturated rings. The minimum Gasteiger partial charge on any atom is -0.463 e. The van der Waals surface area contributed by atoms with E-state index in [9.17, 15) is 14.4 Å². The van der Waals surface area contributed by atoms with Crippen molar-refractivity contribution < 1.29 is 19.1 Å². The van der Waals surface area contributed by atoms with E-state index in [-0.39, 0.29) is 31.4 Å². The first-order valence-corrected chi connectivity index (χ1v) is 13.8. The molecule has 2 aliphatic rings. The Hall–Kier alpha value is -3.16. The Morgan fingerprint density at radius 3 is 2.58 bits per heavy atom.